The lowest BCUT2D eigenvalue weighted by molar-refractivity contribution is 0.415. The van der Waals surface area contributed by atoms with Crippen molar-refractivity contribution >= 4 is 38.9 Å². The SMILES string of the molecule is COc1ccc(Nc2cc(Nc3ccc(Br)cc3C)ncn2)cc1. The van der Waals surface area contributed by atoms with Crippen molar-refractivity contribution in [2.45, 2.75) is 6.92 Å². The number of methoxy groups -OCH3 is 1. The first-order valence-electron chi connectivity index (χ1n) is 7.40. The zero-order valence-corrected chi connectivity index (χ0v) is 15.0. The summed E-state index contributed by atoms with van der Waals surface area (Å²) in [6.07, 6.45) is 1.53. The Balaban J connectivity index is 1.75. The van der Waals surface area contributed by atoms with Crippen molar-refractivity contribution in [3.05, 3.63) is 64.9 Å². The maximum absolute atomic E-state index is 5.16. The summed E-state index contributed by atoms with van der Waals surface area (Å²) in [5.74, 6) is 2.26. The van der Waals surface area contributed by atoms with Crippen LogP contribution in [0.1, 0.15) is 5.56 Å². The van der Waals surface area contributed by atoms with Crippen LogP contribution in [0.25, 0.3) is 0 Å². The van der Waals surface area contributed by atoms with E-state index in [2.05, 4.69) is 42.6 Å². The second kappa shape index (κ2) is 7.31. The van der Waals surface area contributed by atoms with E-state index in [-0.39, 0.29) is 0 Å². The van der Waals surface area contributed by atoms with Gasteiger partial charge in [0.25, 0.3) is 0 Å². The van der Waals surface area contributed by atoms with Gasteiger partial charge in [0.15, 0.2) is 0 Å². The molecule has 1 aromatic heterocycles. The zero-order chi connectivity index (χ0) is 16.9. The minimum atomic E-state index is 0.715. The van der Waals surface area contributed by atoms with Crippen LogP contribution in [0.2, 0.25) is 0 Å². The summed E-state index contributed by atoms with van der Waals surface area (Å²) in [5.41, 5.74) is 3.07. The third kappa shape index (κ3) is 4.02. The summed E-state index contributed by atoms with van der Waals surface area (Å²) < 4.78 is 6.21. The smallest absolute Gasteiger partial charge is 0.135 e. The highest BCUT2D eigenvalue weighted by molar-refractivity contribution is 9.10. The van der Waals surface area contributed by atoms with Gasteiger partial charge in [-0.1, -0.05) is 15.9 Å². The first-order chi connectivity index (χ1) is 11.6. The van der Waals surface area contributed by atoms with Crippen LogP contribution < -0.4 is 15.4 Å². The van der Waals surface area contributed by atoms with Gasteiger partial charge in [-0.2, -0.15) is 0 Å². The van der Waals surface area contributed by atoms with Crippen molar-refractivity contribution in [1.29, 1.82) is 0 Å². The molecule has 0 radical (unpaired) electrons. The van der Waals surface area contributed by atoms with E-state index in [9.17, 15) is 0 Å². The molecule has 1 heterocycles. The molecule has 0 spiro atoms. The standard InChI is InChI=1S/C18H17BrN4O/c1-12-9-13(19)3-8-16(12)23-18-10-17(20-11-21-18)22-14-4-6-15(24-2)7-5-14/h3-11H,1-2H3,(H2,20,21,22,23). The molecule has 3 rings (SSSR count). The van der Waals surface area contributed by atoms with Gasteiger partial charge in [-0.15, -0.1) is 0 Å². The van der Waals surface area contributed by atoms with Crippen molar-refractivity contribution < 1.29 is 4.74 Å². The average molecular weight is 385 g/mol. The molecule has 2 N–H and O–H groups in total. The Kier molecular flexibility index (Phi) is 4.96. The van der Waals surface area contributed by atoms with Crippen molar-refractivity contribution in [2.75, 3.05) is 17.7 Å². The summed E-state index contributed by atoms with van der Waals surface area (Å²) in [4.78, 5) is 8.53. The van der Waals surface area contributed by atoms with Crippen LogP contribution in [-0.2, 0) is 0 Å². The number of aryl methyl sites for hydroxylation is 1. The Morgan fingerprint density at radius 2 is 1.62 bits per heavy atom. The van der Waals surface area contributed by atoms with Gasteiger partial charge in [0.2, 0.25) is 0 Å². The number of anilines is 4. The maximum atomic E-state index is 5.16. The molecule has 24 heavy (non-hydrogen) atoms. The Morgan fingerprint density at radius 3 is 2.29 bits per heavy atom. The summed E-state index contributed by atoms with van der Waals surface area (Å²) in [6.45, 7) is 2.05. The molecule has 6 heteroatoms. The highest BCUT2D eigenvalue weighted by atomic mass is 79.9. The summed E-state index contributed by atoms with van der Waals surface area (Å²) in [6, 6.07) is 15.6. The third-order valence-corrected chi connectivity index (χ3v) is 3.97. The number of nitrogens with zero attached hydrogens (tertiary/aromatic N) is 2. The number of rotatable bonds is 5. The molecule has 122 valence electrons. The Labute approximate surface area is 149 Å². The molecule has 0 unspecified atom stereocenters. The van der Waals surface area contributed by atoms with Gasteiger partial charge in [-0.3, -0.25) is 0 Å². The van der Waals surface area contributed by atoms with Crippen molar-refractivity contribution in [3.63, 3.8) is 0 Å². The molecule has 2 aromatic carbocycles. The fourth-order valence-corrected chi connectivity index (χ4v) is 2.70. The van der Waals surface area contributed by atoms with Gasteiger partial charge in [0.05, 0.1) is 7.11 Å². The molecule has 0 amide bonds. The quantitative estimate of drug-likeness (QED) is 0.644. The monoisotopic (exact) mass is 384 g/mol. The largest absolute Gasteiger partial charge is 0.497 e. The van der Waals surface area contributed by atoms with Gasteiger partial charge in [0, 0.05) is 21.9 Å². The molecule has 0 bridgehead atoms. The summed E-state index contributed by atoms with van der Waals surface area (Å²) >= 11 is 3.47. The van der Waals surface area contributed by atoms with E-state index >= 15 is 0 Å². The normalized spacial score (nSPS) is 10.3. The van der Waals surface area contributed by atoms with E-state index in [0.717, 1.165) is 33.0 Å². The van der Waals surface area contributed by atoms with E-state index in [1.165, 1.54) is 6.33 Å². The zero-order valence-electron chi connectivity index (χ0n) is 13.4. The molecule has 0 aliphatic heterocycles. The molecule has 0 atom stereocenters. The molecular formula is C18H17BrN4O. The number of halogens is 1. The van der Waals surface area contributed by atoms with Crippen LogP contribution in [0, 0.1) is 6.92 Å². The first-order valence-corrected chi connectivity index (χ1v) is 8.19. The number of hydrogen-bond donors (Lipinski definition) is 2. The van der Waals surface area contributed by atoms with Crippen molar-refractivity contribution in [1.82, 2.24) is 9.97 Å². The number of aromatic nitrogens is 2. The maximum Gasteiger partial charge on any atom is 0.135 e. The van der Waals surface area contributed by atoms with Crippen LogP contribution in [0.15, 0.2) is 59.3 Å². The summed E-state index contributed by atoms with van der Waals surface area (Å²) in [5, 5.41) is 6.56. The van der Waals surface area contributed by atoms with Crippen LogP contribution in [0.5, 0.6) is 5.75 Å². The van der Waals surface area contributed by atoms with Crippen LogP contribution in [0.4, 0.5) is 23.0 Å². The van der Waals surface area contributed by atoms with E-state index in [1.807, 2.05) is 49.4 Å². The molecular weight excluding hydrogens is 368 g/mol. The minimum Gasteiger partial charge on any atom is -0.497 e. The van der Waals surface area contributed by atoms with Crippen LogP contribution >= 0.6 is 15.9 Å². The average Bonchev–Trinajstić information content (AvgIpc) is 2.58. The highest BCUT2D eigenvalue weighted by Gasteiger charge is 2.03. The molecule has 0 saturated carbocycles. The number of hydrogen-bond acceptors (Lipinski definition) is 5. The molecule has 0 aliphatic carbocycles. The van der Waals surface area contributed by atoms with E-state index < -0.39 is 0 Å². The molecule has 5 nitrogen and oxygen atoms in total. The van der Waals surface area contributed by atoms with Gasteiger partial charge in [-0.25, -0.2) is 9.97 Å². The van der Waals surface area contributed by atoms with Crippen molar-refractivity contribution in [2.24, 2.45) is 0 Å². The number of ether oxygens (including phenoxy) is 1. The van der Waals surface area contributed by atoms with E-state index in [4.69, 9.17) is 4.74 Å². The lowest BCUT2D eigenvalue weighted by Crippen LogP contribution is -1.99. The Hall–Kier alpha value is -2.60. The number of nitrogens with one attached hydrogen (secondary N) is 2. The fraction of sp³-hybridized carbons (Fsp3) is 0.111. The fourth-order valence-electron chi connectivity index (χ4n) is 2.22. The predicted octanol–water partition coefficient (Wildman–Crippen LogP) is 5.04. The lowest BCUT2D eigenvalue weighted by Gasteiger charge is -2.11. The predicted molar refractivity (Wildman–Crippen MR) is 100 cm³/mol. The molecule has 3 aromatic rings. The number of benzene rings is 2. The Bertz CT molecular complexity index is 837. The van der Waals surface area contributed by atoms with Crippen LogP contribution in [-0.4, -0.2) is 17.1 Å². The molecule has 0 fully saturated rings. The highest BCUT2D eigenvalue weighted by Crippen LogP contribution is 2.24. The second-order valence-corrected chi connectivity index (χ2v) is 6.14. The Morgan fingerprint density at radius 1 is 0.917 bits per heavy atom. The van der Waals surface area contributed by atoms with Crippen molar-refractivity contribution in [3.8, 4) is 5.75 Å². The second-order valence-electron chi connectivity index (χ2n) is 5.23. The van der Waals surface area contributed by atoms with Gasteiger partial charge >= 0.3 is 0 Å². The van der Waals surface area contributed by atoms with Crippen LogP contribution in [0.3, 0.4) is 0 Å². The first kappa shape index (κ1) is 16.3. The molecule has 0 aliphatic rings. The van der Waals surface area contributed by atoms with Gasteiger partial charge < -0.3 is 15.4 Å². The molecule has 0 saturated heterocycles. The van der Waals surface area contributed by atoms with E-state index in [0.29, 0.717) is 5.82 Å². The topological polar surface area (TPSA) is 59.1 Å². The van der Waals surface area contributed by atoms with Gasteiger partial charge in [0.1, 0.15) is 23.7 Å². The summed E-state index contributed by atoms with van der Waals surface area (Å²) in [7, 11) is 1.65. The lowest BCUT2D eigenvalue weighted by atomic mass is 10.2. The third-order valence-electron chi connectivity index (χ3n) is 3.48. The van der Waals surface area contributed by atoms with Gasteiger partial charge in [-0.05, 0) is 55.0 Å². The van der Waals surface area contributed by atoms with E-state index in [1.54, 1.807) is 7.11 Å². The minimum absolute atomic E-state index is 0.715.